The smallest absolute Gasteiger partial charge is 0.326 e. The van der Waals surface area contributed by atoms with Gasteiger partial charge in [-0.3, -0.25) is 28.8 Å². The summed E-state index contributed by atoms with van der Waals surface area (Å²) in [6.45, 7) is 3.85. The first-order chi connectivity index (χ1) is 30.4. The lowest BCUT2D eigenvalue weighted by Crippen LogP contribution is -2.55. The molecule has 16 nitrogen and oxygen atoms in total. The number of aliphatic hydroxyl groups excluding tert-OH is 1. The van der Waals surface area contributed by atoms with Gasteiger partial charge < -0.3 is 45.8 Å². The molecule has 0 aliphatic carbocycles. The van der Waals surface area contributed by atoms with E-state index in [0.29, 0.717) is 12.0 Å². The van der Waals surface area contributed by atoms with E-state index in [-0.39, 0.29) is 46.9 Å². The van der Waals surface area contributed by atoms with Crippen LogP contribution in [0.1, 0.15) is 134 Å². The number of aliphatic carboxylic acids is 1. The molecule has 4 bridgehead atoms. The lowest BCUT2D eigenvalue weighted by atomic mass is 9.90. The number of hydrogen-bond acceptors (Lipinski definition) is 10. The van der Waals surface area contributed by atoms with Gasteiger partial charge in [-0.25, -0.2) is 4.79 Å². The van der Waals surface area contributed by atoms with Crippen molar-refractivity contribution in [3.05, 3.63) is 47.5 Å². The number of fused-ring (bicyclic) bond motifs is 5. The molecule has 0 unspecified atom stereocenters. The van der Waals surface area contributed by atoms with Crippen molar-refractivity contribution in [3.8, 4) is 22.6 Å². The van der Waals surface area contributed by atoms with Crippen LogP contribution in [0.2, 0.25) is 0 Å². The zero-order valence-corrected chi connectivity index (χ0v) is 38.6. The highest BCUT2D eigenvalue weighted by atomic mass is 16.4. The van der Waals surface area contributed by atoms with E-state index in [1.54, 1.807) is 0 Å². The predicted octanol–water partition coefficient (Wildman–Crippen LogP) is 5.25. The second-order valence-corrected chi connectivity index (χ2v) is 17.3. The molecule has 64 heavy (non-hydrogen) atoms. The Labute approximate surface area is 377 Å². The number of phenols is 2. The Balaban J connectivity index is 1.64. The molecule has 0 aromatic heterocycles. The first-order valence-electron chi connectivity index (χ1n) is 22.8. The fourth-order valence-electron chi connectivity index (χ4n) is 8.01. The number of carbonyl (C=O) groups excluding carboxylic acids is 6. The van der Waals surface area contributed by atoms with Crippen molar-refractivity contribution in [1.82, 2.24) is 25.3 Å². The maximum atomic E-state index is 14.1. The number of carbonyl (C=O) groups is 7. The van der Waals surface area contributed by atoms with Crippen LogP contribution >= 0.6 is 0 Å². The summed E-state index contributed by atoms with van der Waals surface area (Å²) in [5.41, 5.74) is 0.874. The summed E-state index contributed by atoms with van der Waals surface area (Å²) >= 11 is 0. The van der Waals surface area contributed by atoms with E-state index < -0.39 is 85.0 Å². The number of nitrogens with one attached hydrogen (secondary N) is 2. The zero-order chi connectivity index (χ0) is 47.5. The molecule has 5 amide bonds. The van der Waals surface area contributed by atoms with E-state index in [1.807, 2.05) is 0 Å². The Morgan fingerprint density at radius 1 is 0.781 bits per heavy atom. The van der Waals surface area contributed by atoms with Crippen molar-refractivity contribution in [3.63, 3.8) is 0 Å². The molecule has 2 aromatic rings. The van der Waals surface area contributed by atoms with Crippen molar-refractivity contribution < 1.29 is 54.0 Å². The van der Waals surface area contributed by atoms with Crippen LogP contribution in [-0.2, 0) is 40.0 Å². The average molecular weight is 894 g/mol. The third kappa shape index (κ3) is 15.6. The number of ketones is 1. The number of aromatic hydroxyl groups is 2. The molecule has 2 aromatic carbocycles. The van der Waals surface area contributed by atoms with E-state index in [1.165, 1.54) is 134 Å². The lowest BCUT2D eigenvalue weighted by Gasteiger charge is -2.31. The number of unbranched alkanes of at least 4 members (excludes halogenated alkanes) is 12. The molecule has 0 spiro atoms. The average Bonchev–Trinajstić information content (AvgIpc) is 3.25. The second-order valence-electron chi connectivity index (χ2n) is 17.3. The monoisotopic (exact) mass is 894 g/mol. The minimum Gasteiger partial charge on any atom is -0.507 e. The number of amides is 5. The van der Waals surface area contributed by atoms with Crippen LogP contribution in [0.25, 0.3) is 11.1 Å². The molecule has 3 rings (SSSR count). The van der Waals surface area contributed by atoms with Crippen LogP contribution in [-0.4, -0.2) is 129 Å². The first kappa shape index (κ1) is 52.8. The number of Topliss-reactive ketones (excluding diaryl/α,β-unsaturated/α-hetero) is 1. The van der Waals surface area contributed by atoms with Crippen LogP contribution in [0.5, 0.6) is 11.5 Å². The number of carboxylic acid groups (broad SMARTS) is 1. The van der Waals surface area contributed by atoms with E-state index in [2.05, 4.69) is 17.6 Å². The molecular formula is C48H71N5O11. The number of hydrogen-bond donors (Lipinski definition) is 6. The first-order valence-corrected chi connectivity index (χ1v) is 22.8. The molecule has 0 saturated heterocycles. The molecule has 16 heteroatoms. The van der Waals surface area contributed by atoms with Crippen LogP contribution in [0.4, 0.5) is 0 Å². The molecular weight excluding hydrogens is 823 g/mol. The Morgan fingerprint density at radius 3 is 1.89 bits per heavy atom. The summed E-state index contributed by atoms with van der Waals surface area (Å²) in [6.07, 6.45) is 14.8. The number of carboxylic acids is 1. The van der Waals surface area contributed by atoms with Gasteiger partial charge in [0.25, 0.3) is 0 Å². The molecule has 1 aliphatic heterocycles. The van der Waals surface area contributed by atoms with Gasteiger partial charge in [-0.05, 0) is 48.7 Å². The Morgan fingerprint density at radius 2 is 1.33 bits per heavy atom. The number of benzene rings is 2. The Bertz CT molecular complexity index is 1920. The van der Waals surface area contributed by atoms with E-state index in [0.717, 1.165) is 29.1 Å². The highest BCUT2D eigenvalue weighted by Crippen LogP contribution is 2.39. The standard InChI is InChI=1S/C48H71N5O11/c1-7-8-9-10-11-12-13-14-15-16-17-18-19-20-42(58)52(5)38(30-54)46(61)49-32(3)47(62)51(4)29-43(59)53(6)44-34-22-24-40(56)36(28-34)35-26-33(21-23-39(35)55)27-37(48(63)64)50-45(60)31(2)25-41(44)57/h21-24,26,28,31-32,37-38,44,54-56H,7-20,25,27,29-30H2,1-6H3,(H,49,61)(H,50,60)(H,63,64)/t31-,32-,37+,38-,44+/m1/s1. The van der Waals surface area contributed by atoms with E-state index in [4.69, 9.17) is 0 Å². The summed E-state index contributed by atoms with van der Waals surface area (Å²) in [4.78, 5) is 96.3. The number of aliphatic hydroxyl groups is 1. The van der Waals surface area contributed by atoms with Crippen molar-refractivity contribution in [2.75, 3.05) is 34.3 Å². The fourth-order valence-corrected chi connectivity index (χ4v) is 8.01. The van der Waals surface area contributed by atoms with Gasteiger partial charge in [-0.1, -0.05) is 103 Å². The molecule has 6 N–H and O–H groups in total. The fraction of sp³-hybridized carbons (Fsp3) is 0.604. The normalized spacial score (nSPS) is 17.3. The zero-order valence-electron chi connectivity index (χ0n) is 38.6. The SMILES string of the molecule is CCCCCCCCCCCCCCCC(=O)N(C)[C@H](CO)C(=O)N[C@H](C)C(=O)N(C)CC(=O)N(C)[C@@H]1C(=O)C[C@@H](C)C(=O)N[C@H](C(=O)O)Cc2ccc(O)c(c2)-c2cc1ccc2O. The predicted molar refractivity (Wildman–Crippen MR) is 242 cm³/mol. The number of likely N-dealkylation sites (N-methyl/N-ethyl adjacent to an activating group) is 3. The molecule has 0 saturated carbocycles. The number of rotatable bonds is 23. The topological polar surface area (TPSA) is 234 Å². The summed E-state index contributed by atoms with van der Waals surface area (Å²) in [5.74, 6) is -6.60. The van der Waals surface area contributed by atoms with Gasteiger partial charge in [0.15, 0.2) is 5.78 Å². The van der Waals surface area contributed by atoms with Crippen molar-refractivity contribution >= 4 is 41.3 Å². The summed E-state index contributed by atoms with van der Waals surface area (Å²) in [6, 6.07) is 3.28. The Kier molecular flexibility index (Phi) is 21.7. The quantitative estimate of drug-likeness (QED) is 0.0789. The summed E-state index contributed by atoms with van der Waals surface area (Å²) in [5, 5.41) is 46.7. The third-order valence-electron chi connectivity index (χ3n) is 12.1. The molecule has 5 atom stereocenters. The van der Waals surface area contributed by atoms with Crippen LogP contribution in [0.15, 0.2) is 36.4 Å². The molecule has 0 fully saturated rings. The van der Waals surface area contributed by atoms with Gasteiger partial charge in [0, 0.05) is 57.5 Å². The van der Waals surface area contributed by atoms with Gasteiger partial charge in [-0.2, -0.15) is 0 Å². The van der Waals surface area contributed by atoms with Gasteiger partial charge in [0.2, 0.25) is 29.5 Å². The minimum absolute atomic E-state index is 0.0986. The third-order valence-corrected chi connectivity index (χ3v) is 12.1. The lowest BCUT2D eigenvalue weighted by molar-refractivity contribution is -0.145. The van der Waals surface area contributed by atoms with Crippen molar-refractivity contribution in [2.45, 2.75) is 148 Å². The molecule has 1 heterocycles. The highest BCUT2D eigenvalue weighted by molar-refractivity contribution is 5.96. The van der Waals surface area contributed by atoms with Crippen molar-refractivity contribution in [2.24, 2.45) is 5.92 Å². The minimum atomic E-state index is -1.37. The maximum Gasteiger partial charge on any atom is 0.326 e. The van der Waals surface area contributed by atoms with Gasteiger partial charge >= 0.3 is 5.97 Å². The molecule has 0 radical (unpaired) electrons. The largest absolute Gasteiger partial charge is 0.507 e. The maximum absolute atomic E-state index is 14.1. The van der Waals surface area contributed by atoms with E-state index in [9.17, 15) is 54.0 Å². The van der Waals surface area contributed by atoms with Crippen LogP contribution in [0.3, 0.4) is 0 Å². The molecule has 1 aliphatic rings. The number of nitrogens with zero attached hydrogens (tertiary/aromatic N) is 3. The second kappa shape index (κ2) is 26.3. The highest BCUT2D eigenvalue weighted by Gasteiger charge is 2.35. The Hall–Kier alpha value is -5.51. The summed E-state index contributed by atoms with van der Waals surface area (Å²) in [7, 11) is 4.10. The van der Waals surface area contributed by atoms with Crippen LogP contribution < -0.4 is 10.6 Å². The van der Waals surface area contributed by atoms with E-state index >= 15 is 0 Å². The summed E-state index contributed by atoms with van der Waals surface area (Å²) < 4.78 is 0. The van der Waals surface area contributed by atoms with Crippen molar-refractivity contribution in [1.29, 1.82) is 0 Å². The molecule has 354 valence electrons. The van der Waals surface area contributed by atoms with Gasteiger partial charge in [0.1, 0.15) is 35.7 Å². The van der Waals surface area contributed by atoms with Crippen LogP contribution in [0, 0.1) is 5.92 Å². The van der Waals surface area contributed by atoms with Gasteiger partial charge in [-0.15, -0.1) is 0 Å². The number of phenolic OH excluding ortho intramolecular Hbond substituents is 2. The van der Waals surface area contributed by atoms with Gasteiger partial charge in [0.05, 0.1) is 13.2 Å².